The fourth-order valence-corrected chi connectivity index (χ4v) is 2.43. The van der Waals surface area contributed by atoms with Gasteiger partial charge in [0.05, 0.1) is 6.04 Å². The van der Waals surface area contributed by atoms with Crippen molar-refractivity contribution in [3.8, 4) is 0 Å². The summed E-state index contributed by atoms with van der Waals surface area (Å²) < 4.78 is 0. The van der Waals surface area contributed by atoms with Crippen molar-refractivity contribution in [1.82, 2.24) is 5.32 Å². The molecule has 1 rings (SSSR count). The Bertz CT molecular complexity index is 225. The van der Waals surface area contributed by atoms with Crippen molar-refractivity contribution in [2.75, 3.05) is 6.54 Å². The van der Waals surface area contributed by atoms with Gasteiger partial charge in [-0.05, 0) is 37.5 Å². The van der Waals surface area contributed by atoms with Crippen molar-refractivity contribution in [2.45, 2.75) is 52.5 Å². The molecule has 1 aliphatic carbocycles. The third kappa shape index (κ3) is 4.30. The molecule has 1 aliphatic rings. The molecule has 0 saturated heterocycles. The maximum atomic E-state index is 11.4. The van der Waals surface area contributed by atoms with Crippen LogP contribution in [0.15, 0.2) is 0 Å². The van der Waals surface area contributed by atoms with Gasteiger partial charge in [-0.3, -0.25) is 4.79 Å². The number of nitrogens with one attached hydrogen (secondary N) is 1. The molecular formula is C12H25ClN2O. The minimum Gasteiger partial charge on any atom is -0.354 e. The van der Waals surface area contributed by atoms with E-state index in [9.17, 15) is 4.79 Å². The Morgan fingerprint density at radius 3 is 2.25 bits per heavy atom. The first kappa shape index (κ1) is 15.7. The summed E-state index contributed by atoms with van der Waals surface area (Å²) in [6.07, 6.45) is 5.03. The second kappa shape index (κ2) is 6.45. The SMILES string of the molecule is CC(C)CC1(CNC(=O)C(C)N)CCC1.Cl. The monoisotopic (exact) mass is 248 g/mol. The third-order valence-electron chi connectivity index (χ3n) is 3.31. The van der Waals surface area contributed by atoms with E-state index in [4.69, 9.17) is 5.73 Å². The van der Waals surface area contributed by atoms with Gasteiger partial charge in [-0.2, -0.15) is 0 Å². The lowest BCUT2D eigenvalue weighted by Crippen LogP contribution is -2.47. The van der Waals surface area contributed by atoms with Crippen LogP contribution in [0.1, 0.15) is 46.5 Å². The number of hydrogen-bond acceptors (Lipinski definition) is 2. The van der Waals surface area contributed by atoms with Crippen LogP contribution in [0.2, 0.25) is 0 Å². The highest BCUT2D eigenvalue weighted by atomic mass is 35.5. The molecule has 1 amide bonds. The second-order valence-electron chi connectivity index (χ2n) is 5.46. The zero-order chi connectivity index (χ0) is 11.5. The Balaban J connectivity index is 0.00000225. The summed E-state index contributed by atoms with van der Waals surface area (Å²) in [5.41, 5.74) is 5.89. The van der Waals surface area contributed by atoms with Crippen molar-refractivity contribution in [3.63, 3.8) is 0 Å². The summed E-state index contributed by atoms with van der Waals surface area (Å²) in [6.45, 7) is 7.03. The maximum absolute atomic E-state index is 11.4. The number of carbonyl (C=O) groups is 1. The number of amides is 1. The average molecular weight is 249 g/mol. The molecule has 96 valence electrons. The quantitative estimate of drug-likeness (QED) is 0.783. The van der Waals surface area contributed by atoms with Crippen LogP contribution in [-0.4, -0.2) is 18.5 Å². The van der Waals surface area contributed by atoms with E-state index in [0.717, 1.165) is 6.54 Å². The topological polar surface area (TPSA) is 55.1 Å². The molecule has 0 aromatic heterocycles. The van der Waals surface area contributed by atoms with Gasteiger partial charge in [0.2, 0.25) is 5.91 Å². The minimum atomic E-state index is -0.388. The first-order valence-corrected chi connectivity index (χ1v) is 5.98. The molecular weight excluding hydrogens is 224 g/mol. The summed E-state index contributed by atoms with van der Waals surface area (Å²) >= 11 is 0. The Labute approximate surface area is 105 Å². The molecule has 0 spiro atoms. The fourth-order valence-electron chi connectivity index (χ4n) is 2.43. The van der Waals surface area contributed by atoms with Gasteiger partial charge >= 0.3 is 0 Å². The standard InChI is InChI=1S/C12H24N2O.ClH/c1-9(2)7-12(5-4-6-12)8-14-11(15)10(3)13;/h9-10H,4-8,13H2,1-3H3,(H,14,15);1H. The summed E-state index contributed by atoms with van der Waals surface area (Å²) in [6, 6.07) is -0.388. The molecule has 1 saturated carbocycles. The highest BCUT2D eigenvalue weighted by molar-refractivity contribution is 5.85. The molecule has 0 radical (unpaired) electrons. The van der Waals surface area contributed by atoms with Crippen molar-refractivity contribution in [2.24, 2.45) is 17.1 Å². The van der Waals surface area contributed by atoms with Gasteiger partial charge in [0, 0.05) is 6.54 Å². The van der Waals surface area contributed by atoms with Crippen LogP contribution in [0.4, 0.5) is 0 Å². The first-order chi connectivity index (χ1) is 6.95. The molecule has 0 aromatic carbocycles. The van der Waals surface area contributed by atoms with E-state index in [1.165, 1.54) is 25.7 Å². The van der Waals surface area contributed by atoms with Crippen LogP contribution in [0.5, 0.6) is 0 Å². The summed E-state index contributed by atoms with van der Waals surface area (Å²) in [4.78, 5) is 11.4. The van der Waals surface area contributed by atoms with Crippen molar-refractivity contribution in [1.29, 1.82) is 0 Å². The van der Waals surface area contributed by atoms with Crippen LogP contribution in [-0.2, 0) is 4.79 Å². The van der Waals surface area contributed by atoms with E-state index in [2.05, 4.69) is 19.2 Å². The van der Waals surface area contributed by atoms with Gasteiger partial charge in [0.25, 0.3) is 0 Å². The predicted octanol–water partition coefficient (Wildman–Crippen LogP) is 2.09. The normalized spacial score (nSPS) is 19.6. The predicted molar refractivity (Wildman–Crippen MR) is 69.6 cm³/mol. The van der Waals surface area contributed by atoms with Crippen LogP contribution >= 0.6 is 12.4 Å². The summed E-state index contributed by atoms with van der Waals surface area (Å²) in [5, 5.41) is 2.97. The fraction of sp³-hybridized carbons (Fsp3) is 0.917. The molecule has 0 bridgehead atoms. The Morgan fingerprint density at radius 1 is 1.38 bits per heavy atom. The molecule has 3 N–H and O–H groups in total. The van der Waals surface area contributed by atoms with E-state index in [-0.39, 0.29) is 24.4 Å². The molecule has 1 fully saturated rings. The van der Waals surface area contributed by atoms with Crippen LogP contribution in [0, 0.1) is 11.3 Å². The van der Waals surface area contributed by atoms with E-state index < -0.39 is 0 Å². The maximum Gasteiger partial charge on any atom is 0.236 e. The molecule has 1 atom stereocenters. The van der Waals surface area contributed by atoms with Gasteiger partial charge < -0.3 is 11.1 Å². The molecule has 3 nitrogen and oxygen atoms in total. The Kier molecular flexibility index (Phi) is 6.34. The van der Waals surface area contributed by atoms with E-state index in [1.807, 2.05) is 0 Å². The number of rotatable bonds is 5. The molecule has 1 unspecified atom stereocenters. The van der Waals surface area contributed by atoms with E-state index in [0.29, 0.717) is 11.3 Å². The van der Waals surface area contributed by atoms with Crippen molar-refractivity contribution in [3.05, 3.63) is 0 Å². The van der Waals surface area contributed by atoms with Gasteiger partial charge in [0.1, 0.15) is 0 Å². The smallest absolute Gasteiger partial charge is 0.236 e. The zero-order valence-corrected chi connectivity index (χ0v) is 11.4. The van der Waals surface area contributed by atoms with Crippen molar-refractivity contribution < 1.29 is 4.79 Å². The Hall–Kier alpha value is -0.280. The van der Waals surface area contributed by atoms with Gasteiger partial charge in [-0.1, -0.05) is 20.3 Å². The van der Waals surface area contributed by atoms with Gasteiger partial charge in [-0.15, -0.1) is 12.4 Å². The lowest BCUT2D eigenvalue weighted by Gasteiger charge is -2.43. The minimum absolute atomic E-state index is 0. The highest BCUT2D eigenvalue weighted by Crippen LogP contribution is 2.45. The number of halogens is 1. The number of carbonyl (C=O) groups excluding carboxylic acids is 1. The van der Waals surface area contributed by atoms with E-state index >= 15 is 0 Å². The zero-order valence-electron chi connectivity index (χ0n) is 10.6. The third-order valence-corrected chi connectivity index (χ3v) is 3.31. The lowest BCUT2D eigenvalue weighted by molar-refractivity contribution is -0.123. The van der Waals surface area contributed by atoms with Crippen molar-refractivity contribution >= 4 is 18.3 Å². The second-order valence-corrected chi connectivity index (χ2v) is 5.46. The number of hydrogen-bond donors (Lipinski definition) is 2. The molecule has 16 heavy (non-hydrogen) atoms. The molecule has 0 heterocycles. The summed E-state index contributed by atoms with van der Waals surface area (Å²) in [7, 11) is 0. The lowest BCUT2D eigenvalue weighted by atomic mass is 9.64. The van der Waals surface area contributed by atoms with Gasteiger partial charge in [-0.25, -0.2) is 0 Å². The first-order valence-electron chi connectivity index (χ1n) is 5.98. The Morgan fingerprint density at radius 2 is 1.94 bits per heavy atom. The molecule has 0 aromatic rings. The summed E-state index contributed by atoms with van der Waals surface area (Å²) in [5.74, 6) is 0.683. The van der Waals surface area contributed by atoms with Gasteiger partial charge in [0.15, 0.2) is 0 Å². The highest BCUT2D eigenvalue weighted by Gasteiger charge is 2.37. The largest absolute Gasteiger partial charge is 0.354 e. The van der Waals surface area contributed by atoms with Crippen LogP contribution in [0.25, 0.3) is 0 Å². The molecule has 4 heteroatoms. The van der Waals surface area contributed by atoms with E-state index in [1.54, 1.807) is 6.92 Å². The van der Waals surface area contributed by atoms with Crippen LogP contribution in [0.3, 0.4) is 0 Å². The molecule has 0 aliphatic heterocycles. The average Bonchev–Trinajstić information content (AvgIpc) is 2.08. The van der Waals surface area contributed by atoms with Crippen LogP contribution < -0.4 is 11.1 Å². The number of nitrogens with two attached hydrogens (primary N) is 1.